The molecular formula is C22H29N5O4S. The predicted octanol–water partition coefficient (Wildman–Crippen LogP) is 4.50. The van der Waals surface area contributed by atoms with Gasteiger partial charge in [0, 0.05) is 12.6 Å². The van der Waals surface area contributed by atoms with Gasteiger partial charge < -0.3 is 23.9 Å². The molecule has 2 aromatic heterocycles. The molecule has 2 atom stereocenters. The minimum atomic E-state index is -0.409. The molecular weight excluding hydrogens is 430 g/mol. The van der Waals surface area contributed by atoms with Crippen LogP contribution < -0.4 is 14.8 Å². The number of hydrogen-bond acceptors (Lipinski definition) is 8. The first kappa shape index (κ1) is 23.6. The SMILES string of the molecule is COc1ccc(OC(C)c2nnc(SC(C)C(=O)Nc3cc(C)on3)n2CC(C)C)cc1. The van der Waals surface area contributed by atoms with Crippen molar-refractivity contribution in [2.45, 2.75) is 57.7 Å². The summed E-state index contributed by atoms with van der Waals surface area (Å²) in [6, 6.07) is 9.07. The minimum absolute atomic E-state index is 0.188. The topological polar surface area (TPSA) is 104 Å². The van der Waals surface area contributed by atoms with Gasteiger partial charge in [0.2, 0.25) is 5.91 Å². The monoisotopic (exact) mass is 459 g/mol. The molecule has 0 saturated carbocycles. The van der Waals surface area contributed by atoms with Crippen molar-refractivity contribution in [3.63, 3.8) is 0 Å². The lowest BCUT2D eigenvalue weighted by atomic mass is 10.2. The number of methoxy groups -OCH3 is 1. The summed E-state index contributed by atoms with van der Waals surface area (Å²) in [6.45, 7) is 10.5. The number of hydrogen-bond donors (Lipinski definition) is 1. The second-order valence-electron chi connectivity index (χ2n) is 7.85. The van der Waals surface area contributed by atoms with E-state index >= 15 is 0 Å². The Bertz CT molecular complexity index is 1030. The molecule has 3 aromatic rings. The Balaban J connectivity index is 1.73. The summed E-state index contributed by atoms with van der Waals surface area (Å²) in [6.07, 6.45) is -0.328. The fourth-order valence-corrected chi connectivity index (χ4v) is 3.87. The standard InChI is InChI=1S/C22H29N5O4S/c1-13(2)12-27-20(15(4)30-18-9-7-17(29-6)8-10-18)24-25-22(27)32-16(5)21(28)23-19-11-14(3)31-26-19/h7-11,13,15-16H,12H2,1-6H3,(H,23,26,28). The van der Waals surface area contributed by atoms with E-state index in [9.17, 15) is 4.79 Å². The van der Waals surface area contributed by atoms with Gasteiger partial charge in [-0.05, 0) is 51.0 Å². The van der Waals surface area contributed by atoms with Crippen molar-refractivity contribution in [3.8, 4) is 11.5 Å². The van der Waals surface area contributed by atoms with Crippen molar-refractivity contribution in [2.24, 2.45) is 5.92 Å². The van der Waals surface area contributed by atoms with Crippen LogP contribution in [0.15, 0.2) is 40.0 Å². The molecule has 32 heavy (non-hydrogen) atoms. The van der Waals surface area contributed by atoms with Gasteiger partial charge >= 0.3 is 0 Å². The fraction of sp³-hybridized carbons (Fsp3) is 0.455. The number of anilines is 1. The van der Waals surface area contributed by atoms with Gasteiger partial charge in [-0.2, -0.15) is 0 Å². The van der Waals surface area contributed by atoms with E-state index in [1.807, 2.05) is 42.7 Å². The third-order valence-electron chi connectivity index (χ3n) is 4.56. The number of thioether (sulfide) groups is 1. The van der Waals surface area contributed by atoms with E-state index in [0.29, 0.717) is 40.8 Å². The van der Waals surface area contributed by atoms with Gasteiger partial charge in [-0.1, -0.05) is 30.8 Å². The second-order valence-corrected chi connectivity index (χ2v) is 9.16. The molecule has 0 aliphatic carbocycles. The average Bonchev–Trinajstić information content (AvgIpc) is 3.34. The first-order valence-electron chi connectivity index (χ1n) is 10.4. The Morgan fingerprint density at radius 2 is 1.84 bits per heavy atom. The molecule has 0 aliphatic rings. The number of aromatic nitrogens is 4. The molecule has 9 nitrogen and oxygen atoms in total. The van der Waals surface area contributed by atoms with Crippen LogP contribution in [0.25, 0.3) is 0 Å². The summed E-state index contributed by atoms with van der Waals surface area (Å²) < 4.78 is 18.3. The lowest BCUT2D eigenvalue weighted by molar-refractivity contribution is -0.115. The molecule has 2 heterocycles. The van der Waals surface area contributed by atoms with Crippen molar-refractivity contribution in [1.82, 2.24) is 19.9 Å². The van der Waals surface area contributed by atoms with Crippen LogP contribution in [0, 0.1) is 12.8 Å². The van der Waals surface area contributed by atoms with Crippen LogP contribution in [0.4, 0.5) is 5.82 Å². The predicted molar refractivity (Wildman–Crippen MR) is 122 cm³/mol. The molecule has 10 heteroatoms. The first-order valence-corrected chi connectivity index (χ1v) is 11.3. The van der Waals surface area contributed by atoms with E-state index < -0.39 is 5.25 Å². The second kappa shape index (κ2) is 10.5. The van der Waals surface area contributed by atoms with Gasteiger partial charge in [-0.15, -0.1) is 10.2 Å². The summed E-state index contributed by atoms with van der Waals surface area (Å²) >= 11 is 1.34. The molecule has 0 fully saturated rings. The fourth-order valence-electron chi connectivity index (χ4n) is 3.00. The van der Waals surface area contributed by atoms with Crippen molar-refractivity contribution < 1.29 is 18.8 Å². The maximum Gasteiger partial charge on any atom is 0.238 e. The zero-order valence-corrected chi connectivity index (χ0v) is 20.0. The van der Waals surface area contributed by atoms with Gasteiger partial charge in [0.05, 0.1) is 12.4 Å². The molecule has 1 N–H and O–H groups in total. The molecule has 0 aliphatic heterocycles. The summed E-state index contributed by atoms with van der Waals surface area (Å²) in [4.78, 5) is 12.6. The van der Waals surface area contributed by atoms with E-state index in [-0.39, 0.29) is 12.0 Å². The van der Waals surface area contributed by atoms with Crippen LogP contribution in [-0.2, 0) is 11.3 Å². The van der Waals surface area contributed by atoms with Gasteiger partial charge in [0.1, 0.15) is 17.3 Å². The smallest absolute Gasteiger partial charge is 0.238 e. The quantitative estimate of drug-likeness (QED) is 0.442. The van der Waals surface area contributed by atoms with Crippen LogP contribution in [0.3, 0.4) is 0 Å². The third kappa shape index (κ3) is 6.03. The minimum Gasteiger partial charge on any atom is -0.497 e. The number of nitrogens with one attached hydrogen (secondary N) is 1. The van der Waals surface area contributed by atoms with Crippen LogP contribution in [-0.4, -0.2) is 38.2 Å². The summed E-state index contributed by atoms with van der Waals surface area (Å²) in [5, 5.41) is 15.6. The molecule has 1 amide bonds. The van der Waals surface area contributed by atoms with Crippen molar-refractivity contribution in [3.05, 3.63) is 41.9 Å². The van der Waals surface area contributed by atoms with Crippen LogP contribution >= 0.6 is 11.8 Å². The molecule has 172 valence electrons. The molecule has 0 radical (unpaired) electrons. The zero-order chi connectivity index (χ0) is 23.3. The van der Waals surface area contributed by atoms with Gasteiger partial charge in [-0.3, -0.25) is 4.79 Å². The van der Waals surface area contributed by atoms with Crippen LogP contribution in [0.1, 0.15) is 45.4 Å². The Hall–Kier alpha value is -3.01. The Morgan fingerprint density at radius 1 is 1.16 bits per heavy atom. The van der Waals surface area contributed by atoms with Crippen molar-refractivity contribution in [2.75, 3.05) is 12.4 Å². The lowest BCUT2D eigenvalue weighted by Crippen LogP contribution is -2.23. The highest BCUT2D eigenvalue weighted by Gasteiger charge is 2.24. The number of nitrogens with zero attached hydrogens (tertiary/aromatic N) is 4. The van der Waals surface area contributed by atoms with E-state index in [4.69, 9.17) is 14.0 Å². The largest absolute Gasteiger partial charge is 0.497 e. The summed E-state index contributed by atoms with van der Waals surface area (Å²) in [5.41, 5.74) is 0. The molecule has 1 aromatic carbocycles. The van der Waals surface area contributed by atoms with Crippen LogP contribution in [0.5, 0.6) is 11.5 Å². The highest BCUT2D eigenvalue weighted by atomic mass is 32.2. The van der Waals surface area contributed by atoms with Crippen molar-refractivity contribution in [1.29, 1.82) is 0 Å². The van der Waals surface area contributed by atoms with E-state index in [0.717, 1.165) is 5.75 Å². The molecule has 0 bridgehead atoms. The maximum absolute atomic E-state index is 12.6. The zero-order valence-electron chi connectivity index (χ0n) is 19.2. The number of rotatable bonds is 10. The lowest BCUT2D eigenvalue weighted by Gasteiger charge is -2.18. The Labute approximate surface area is 191 Å². The van der Waals surface area contributed by atoms with E-state index in [1.54, 1.807) is 20.1 Å². The summed E-state index contributed by atoms with van der Waals surface area (Å²) in [7, 11) is 1.63. The molecule has 0 spiro atoms. The van der Waals surface area contributed by atoms with Crippen molar-refractivity contribution >= 4 is 23.5 Å². The average molecular weight is 460 g/mol. The van der Waals surface area contributed by atoms with E-state index in [2.05, 4.69) is 34.5 Å². The Morgan fingerprint density at radius 3 is 2.44 bits per heavy atom. The Kier molecular flexibility index (Phi) is 7.79. The normalized spacial score (nSPS) is 13.1. The molecule has 3 rings (SSSR count). The molecule has 0 saturated heterocycles. The number of benzene rings is 1. The first-order chi connectivity index (χ1) is 15.3. The van der Waals surface area contributed by atoms with Gasteiger partial charge in [0.15, 0.2) is 22.9 Å². The number of amides is 1. The molecule has 2 unspecified atom stereocenters. The number of aryl methyl sites for hydroxylation is 1. The number of carbonyl (C=O) groups excluding carboxylic acids is 1. The highest BCUT2D eigenvalue weighted by Crippen LogP contribution is 2.29. The van der Waals surface area contributed by atoms with Gasteiger partial charge in [-0.25, -0.2) is 0 Å². The van der Waals surface area contributed by atoms with Crippen LogP contribution in [0.2, 0.25) is 0 Å². The van der Waals surface area contributed by atoms with Gasteiger partial charge in [0.25, 0.3) is 0 Å². The number of ether oxygens (including phenoxy) is 2. The third-order valence-corrected chi connectivity index (χ3v) is 5.64. The van der Waals surface area contributed by atoms with E-state index in [1.165, 1.54) is 11.8 Å². The highest BCUT2D eigenvalue weighted by molar-refractivity contribution is 8.00. The maximum atomic E-state index is 12.6. The summed E-state index contributed by atoms with van der Waals surface area (Å²) in [5.74, 6) is 3.38. The number of carbonyl (C=O) groups is 1.